The molecule has 0 spiro atoms. The van der Waals surface area contributed by atoms with Crippen molar-refractivity contribution < 1.29 is 48.4 Å². The predicted octanol–water partition coefficient (Wildman–Crippen LogP) is -2.07. The number of anilines is 2. The minimum absolute atomic E-state index is 0.215. The van der Waals surface area contributed by atoms with Crippen LogP contribution in [-0.4, -0.2) is 46.2 Å². The van der Waals surface area contributed by atoms with Gasteiger partial charge in [-0.25, -0.2) is 0 Å². The monoisotopic (exact) mass is 522 g/mol. The SMILES string of the molecule is O=C([O-])c1cc(=O)c2c(NC(=O)C(O)C(O)C(=O)Nc3cccc4oc(C(=O)[O-])cc(=O)c34)cccc2o1. The van der Waals surface area contributed by atoms with Crippen LogP contribution in [0.5, 0.6) is 0 Å². The second kappa shape index (κ2) is 9.96. The fourth-order valence-electron chi connectivity index (χ4n) is 3.53. The Labute approximate surface area is 209 Å². The third kappa shape index (κ3) is 4.84. The zero-order valence-corrected chi connectivity index (χ0v) is 18.8. The molecule has 2 heterocycles. The van der Waals surface area contributed by atoms with Crippen molar-refractivity contribution >= 4 is 57.1 Å². The summed E-state index contributed by atoms with van der Waals surface area (Å²) in [4.78, 5) is 71.8. The van der Waals surface area contributed by atoms with E-state index in [1.807, 2.05) is 0 Å². The molecule has 0 bridgehead atoms. The molecule has 38 heavy (non-hydrogen) atoms. The fraction of sp³-hybridized carbons (Fsp3) is 0.0833. The van der Waals surface area contributed by atoms with E-state index in [4.69, 9.17) is 8.83 Å². The van der Waals surface area contributed by atoms with Gasteiger partial charge in [0.15, 0.2) is 34.6 Å². The van der Waals surface area contributed by atoms with Gasteiger partial charge in [0.05, 0.1) is 22.1 Å². The quantitative estimate of drug-likeness (QED) is 0.205. The van der Waals surface area contributed by atoms with Gasteiger partial charge in [0.25, 0.3) is 11.8 Å². The lowest BCUT2D eigenvalue weighted by molar-refractivity contribution is -0.258. The molecule has 2 atom stereocenters. The van der Waals surface area contributed by atoms with Gasteiger partial charge in [-0.3, -0.25) is 19.2 Å². The first-order valence-electron chi connectivity index (χ1n) is 10.5. The summed E-state index contributed by atoms with van der Waals surface area (Å²) < 4.78 is 10.1. The highest BCUT2D eigenvalue weighted by Crippen LogP contribution is 2.23. The molecule has 4 rings (SSSR count). The Bertz CT molecular complexity index is 1620. The van der Waals surface area contributed by atoms with Crippen molar-refractivity contribution in [3.8, 4) is 0 Å². The summed E-state index contributed by atoms with van der Waals surface area (Å²) in [6, 6.07) is 8.80. The Morgan fingerprint density at radius 1 is 0.684 bits per heavy atom. The summed E-state index contributed by atoms with van der Waals surface area (Å²) in [7, 11) is 0. The number of nitrogens with one attached hydrogen (secondary N) is 2. The van der Waals surface area contributed by atoms with Crippen LogP contribution < -0.4 is 31.7 Å². The van der Waals surface area contributed by atoms with Crippen molar-refractivity contribution in [3.05, 3.63) is 80.5 Å². The Kier molecular flexibility index (Phi) is 6.75. The van der Waals surface area contributed by atoms with E-state index in [1.54, 1.807) is 0 Å². The Hall–Kier alpha value is -5.34. The van der Waals surface area contributed by atoms with E-state index < -0.39 is 58.3 Å². The largest absolute Gasteiger partial charge is 0.542 e. The number of hydrogen-bond acceptors (Lipinski definition) is 12. The van der Waals surface area contributed by atoms with Gasteiger partial charge in [-0.2, -0.15) is 0 Å². The average molecular weight is 522 g/mol. The topological polar surface area (TPSA) is 239 Å². The molecule has 4 aromatic rings. The van der Waals surface area contributed by atoms with Crippen LogP contribution in [0.1, 0.15) is 21.1 Å². The lowest BCUT2D eigenvalue weighted by Crippen LogP contribution is -2.45. The number of aliphatic hydroxyl groups excluding tert-OH is 2. The molecule has 0 aliphatic rings. The molecule has 0 fully saturated rings. The third-order valence-corrected chi connectivity index (χ3v) is 5.26. The number of rotatable bonds is 7. The number of aliphatic hydroxyl groups is 2. The zero-order chi connectivity index (χ0) is 27.7. The number of carbonyl (C=O) groups is 4. The Morgan fingerprint density at radius 2 is 1.05 bits per heavy atom. The van der Waals surface area contributed by atoms with E-state index in [1.165, 1.54) is 36.4 Å². The van der Waals surface area contributed by atoms with Gasteiger partial charge >= 0.3 is 0 Å². The molecule has 194 valence electrons. The van der Waals surface area contributed by atoms with Crippen molar-refractivity contribution in [1.82, 2.24) is 0 Å². The maximum atomic E-state index is 12.5. The fourth-order valence-corrected chi connectivity index (χ4v) is 3.53. The van der Waals surface area contributed by atoms with Crippen molar-refractivity contribution in [2.45, 2.75) is 12.2 Å². The van der Waals surface area contributed by atoms with Crippen LogP contribution in [0.15, 0.2) is 67.0 Å². The van der Waals surface area contributed by atoms with Crippen LogP contribution in [0.25, 0.3) is 21.9 Å². The smallest absolute Gasteiger partial charge is 0.256 e. The molecule has 0 saturated heterocycles. The molecule has 2 aromatic carbocycles. The van der Waals surface area contributed by atoms with Gasteiger partial charge in [0.2, 0.25) is 0 Å². The van der Waals surface area contributed by atoms with E-state index in [-0.39, 0.29) is 33.3 Å². The highest BCUT2D eigenvalue weighted by Gasteiger charge is 2.31. The predicted molar refractivity (Wildman–Crippen MR) is 123 cm³/mol. The molecule has 0 radical (unpaired) electrons. The zero-order valence-electron chi connectivity index (χ0n) is 18.8. The lowest BCUT2D eigenvalue weighted by atomic mass is 10.1. The molecule has 14 heteroatoms. The molecule has 2 unspecified atom stereocenters. The van der Waals surface area contributed by atoms with Gasteiger partial charge in [0.1, 0.15) is 23.1 Å². The van der Waals surface area contributed by atoms with Gasteiger partial charge in [-0.05, 0) is 24.3 Å². The number of amides is 2. The number of hydrogen-bond donors (Lipinski definition) is 4. The number of benzene rings is 2. The van der Waals surface area contributed by atoms with Gasteiger partial charge in [0, 0.05) is 12.1 Å². The molecule has 0 aliphatic carbocycles. The van der Waals surface area contributed by atoms with E-state index in [0.29, 0.717) is 12.1 Å². The lowest BCUT2D eigenvalue weighted by Gasteiger charge is -2.18. The van der Waals surface area contributed by atoms with Crippen molar-refractivity contribution in [1.29, 1.82) is 0 Å². The van der Waals surface area contributed by atoms with Crippen LogP contribution in [0.3, 0.4) is 0 Å². The number of carbonyl (C=O) groups excluding carboxylic acids is 4. The standard InChI is InChI=1S/C24H16N2O12/c27-11-7-15(23(33)34)37-13-5-1-3-9(17(11)13)25-21(31)19(29)20(30)22(32)26-10-4-2-6-14-18(10)12(28)8-16(38-14)24(35)36/h1-8,19-20,29-30H,(H,25,31)(H,26,32)(H,33,34)(H,35,36)/p-2. The maximum Gasteiger partial charge on any atom is 0.256 e. The molecular weight excluding hydrogens is 508 g/mol. The summed E-state index contributed by atoms with van der Waals surface area (Å²) in [6.07, 6.45) is -4.76. The minimum atomic E-state index is -2.38. The summed E-state index contributed by atoms with van der Waals surface area (Å²) in [6.45, 7) is 0. The first kappa shape index (κ1) is 25.7. The Morgan fingerprint density at radius 3 is 1.39 bits per heavy atom. The molecule has 0 aliphatic heterocycles. The second-order valence-corrected chi connectivity index (χ2v) is 7.75. The molecule has 14 nitrogen and oxygen atoms in total. The average Bonchev–Trinajstić information content (AvgIpc) is 2.87. The highest BCUT2D eigenvalue weighted by atomic mass is 16.4. The van der Waals surface area contributed by atoms with Crippen LogP contribution >= 0.6 is 0 Å². The molecule has 2 amide bonds. The first-order chi connectivity index (χ1) is 18.0. The van der Waals surface area contributed by atoms with E-state index in [2.05, 4.69) is 10.6 Å². The number of fused-ring (bicyclic) bond motifs is 2. The number of aromatic carboxylic acids is 2. The minimum Gasteiger partial charge on any atom is -0.542 e. The summed E-state index contributed by atoms with van der Waals surface area (Å²) in [5.74, 6) is -7.63. The molecular formula is C24H14N2O12-2. The summed E-state index contributed by atoms with van der Waals surface area (Å²) in [5.41, 5.74) is -2.59. The maximum absolute atomic E-state index is 12.5. The van der Waals surface area contributed by atoms with Crippen LogP contribution in [0, 0.1) is 0 Å². The van der Waals surface area contributed by atoms with Crippen molar-refractivity contribution in [3.63, 3.8) is 0 Å². The highest BCUT2D eigenvalue weighted by molar-refractivity contribution is 6.07. The summed E-state index contributed by atoms with van der Waals surface area (Å²) in [5, 5.41) is 46.3. The van der Waals surface area contributed by atoms with Gasteiger partial charge in [-0.1, -0.05) is 12.1 Å². The van der Waals surface area contributed by atoms with Crippen molar-refractivity contribution in [2.24, 2.45) is 0 Å². The van der Waals surface area contributed by atoms with E-state index >= 15 is 0 Å². The summed E-state index contributed by atoms with van der Waals surface area (Å²) >= 11 is 0. The molecule has 4 N–H and O–H groups in total. The van der Waals surface area contributed by atoms with Crippen LogP contribution in [0.4, 0.5) is 11.4 Å². The third-order valence-electron chi connectivity index (χ3n) is 5.26. The van der Waals surface area contributed by atoms with E-state index in [0.717, 1.165) is 0 Å². The number of carboxylic acids is 2. The first-order valence-corrected chi connectivity index (χ1v) is 10.5. The van der Waals surface area contributed by atoms with Gasteiger partial charge in [-0.15, -0.1) is 0 Å². The van der Waals surface area contributed by atoms with Crippen LogP contribution in [-0.2, 0) is 9.59 Å². The van der Waals surface area contributed by atoms with Gasteiger partial charge < -0.3 is 49.5 Å². The second-order valence-electron chi connectivity index (χ2n) is 7.75. The number of carboxylic acid groups (broad SMARTS) is 2. The van der Waals surface area contributed by atoms with E-state index in [9.17, 15) is 49.2 Å². The normalized spacial score (nSPS) is 12.6. The molecule has 0 saturated carbocycles. The Balaban J connectivity index is 1.56. The van der Waals surface area contributed by atoms with Crippen molar-refractivity contribution in [2.75, 3.05) is 10.6 Å². The van der Waals surface area contributed by atoms with Crippen LogP contribution in [0.2, 0.25) is 0 Å². The molecule has 2 aromatic heterocycles.